The van der Waals surface area contributed by atoms with Crippen molar-refractivity contribution in [3.63, 3.8) is 0 Å². The maximum atomic E-state index is 11.4. The monoisotopic (exact) mass is 419 g/mol. The maximum absolute atomic E-state index is 11.4. The highest BCUT2D eigenvalue weighted by atomic mass is 16.5. The molecular formula is C25H25NO5. The van der Waals surface area contributed by atoms with E-state index in [4.69, 9.17) is 18.3 Å². The van der Waals surface area contributed by atoms with E-state index in [9.17, 15) is 4.79 Å². The summed E-state index contributed by atoms with van der Waals surface area (Å²) in [5.41, 5.74) is 2.38. The van der Waals surface area contributed by atoms with Crippen molar-refractivity contribution in [2.24, 2.45) is 0 Å². The van der Waals surface area contributed by atoms with Crippen LogP contribution in [0.1, 0.15) is 24.2 Å². The number of hydrogen-bond acceptors (Lipinski definition) is 6. The first-order chi connectivity index (χ1) is 15.2. The summed E-state index contributed by atoms with van der Waals surface area (Å²) in [5.74, 6) is 2.57. The van der Waals surface area contributed by atoms with Crippen LogP contribution in [0.25, 0.3) is 21.9 Å². The predicted molar refractivity (Wildman–Crippen MR) is 119 cm³/mol. The minimum absolute atomic E-state index is 0.350. The van der Waals surface area contributed by atoms with Crippen LogP contribution in [0.4, 0.5) is 0 Å². The molecule has 1 aliphatic heterocycles. The molecule has 5 rings (SSSR count). The lowest BCUT2D eigenvalue weighted by Gasteiger charge is -2.25. The minimum Gasteiger partial charge on any atom is -0.493 e. The van der Waals surface area contributed by atoms with Crippen LogP contribution in [0.15, 0.2) is 62.2 Å². The van der Waals surface area contributed by atoms with Crippen molar-refractivity contribution in [1.82, 2.24) is 4.90 Å². The highest BCUT2D eigenvalue weighted by Crippen LogP contribution is 2.35. The molecule has 0 spiro atoms. The van der Waals surface area contributed by atoms with E-state index in [1.807, 2.05) is 24.3 Å². The summed E-state index contributed by atoms with van der Waals surface area (Å²) in [6.45, 7) is 3.49. The Bertz CT molecular complexity index is 1270. The smallest absolute Gasteiger partial charge is 0.336 e. The number of unbranched alkanes of at least 4 members (excludes halogenated alkanes) is 1. The number of ether oxygens (including phenoxy) is 2. The van der Waals surface area contributed by atoms with Gasteiger partial charge in [-0.1, -0.05) is 12.1 Å². The Kier molecular flexibility index (Phi) is 5.38. The molecule has 160 valence electrons. The van der Waals surface area contributed by atoms with E-state index in [2.05, 4.69) is 11.0 Å². The molecule has 0 saturated heterocycles. The van der Waals surface area contributed by atoms with Crippen LogP contribution >= 0.6 is 0 Å². The molecule has 0 radical (unpaired) electrons. The van der Waals surface area contributed by atoms with Crippen LogP contribution in [-0.4, -0.2) is 31.7 Å². The van der Waals surface area contributed by atoms with Crippen molar-refractivity contribution in [2.45, 2.75) is 25.8 Å². The predicted octanol–water partition coefficient (Wildman–Crippen LogP) is 4.77. The van der Waals surface area contributed by atoms with Crippen molar-refractivity contribution in [2.75, 3.05) is 26.8 Å². The molecule has 1 aliphatic rings. The lowest BCUT2D eigenvalue weighted by Crippen LogP contribution is -2.30. The van der Waals surface area contributed by atoms with Gasteiger partial charge in [0.2, 0.25) is 0 Å². The number of fused-ring (bicyclic) bond motifs is 4. The summed E-state index contributed by atoms with van der Waals surface area (Å²) in [5, 5.41) is 2.06. The average molecular weight is 419 g/mol. The Balaban J connectivity index is 1.13. The number of methoxy groups -OCH3 is 1. The van der Waals surface area contributed by atoms with E-state index in [1.165, 1.54) is 17.0 Å². The van der Waals surface area contributed by atoms with Gasteiger partial charge in [-0.25, -0.2) is 4.79 Å². The molecule has 0 bridgehead atoms. The van der Waals surface area contributed by atoms with Crippen LogP contribution in [0.2, 0.25) is 0 Å². The first-order valence-corrected chi connectivity index (χ1v) is 10.7. The summed E-state index contributed by atoms with van der Waals surface area (Å²) >= 11 is 0. The Labute approximate surface area is 180 Å². The van der Waals surface area contributed by atoms with E-state index in [0.29, 0.717) is 12.2 Å². The number of furan rings is 1. The van der Waals surface area contributed by atoms with Gasteiger partial charge in [0.25, 0.3) is 0 Å². The van der Waals surface area contributed by atoms with Crippen LogP contribution in [0.3, 0.4) is 0 Å². The molecule has 0 saturated carbocycles. The standard InChI is InChI=1S/C25H25NO5/c1-28-21-6-4-5-20-19-11-13-26(16-23(19)31-25(20)21)12-2-3-14-29-18-9-7-17-8-10-24(27)30-22(17)15-18/h4-10,15H,2-3,11-14,16H2,1H3. The Morgan fingerprint density at radius 2 is 1.97 bits per heavy atom. The fourth-order valence-electron chi connectivity index (χ4n) is 4.26. The topological polar surface area (TPSA) is 65.1 Å². The molecule has 0 N–H and O–H groups in total. The summed E-state index contributed by atoms with van der Waals surface area (Å²) in [4.78, 5) is 13.8. The van der Waals surface area contributed by atoms with Gasteiger partial charge in [-0.15, -0.1) is 0 Å². The highest BCUT2D eigenvalue weighted by molar-refractivity contribution is 5.87. The van der Waals surface area contributed by atoms with Gasteiger partial charge in [0.15, 0.2) is 11.3 Å². The fourth-order valence-corrected chi connectivity index (χ4v) is 4.26. The third kappa shape index (κ3) is 4.03. The normalized spacial score (nSPS) is 14.1. The minimum atomic E-state index is -0.350. The van der Waals surface area contributed by atoms with Crippen molar-refractivity contribution in [3.05, 3.63) is 70.3 Å². The molecular weight excluding hydrogens is 394 g/mol. The van der Waals surface area contributed by atoms with Gasteiger partial charge in [-0.3, -0.25) is 4.90 Å². The Morgan fingerprint density at radius 1 is 1.06 bits per heavy atom. The number of benzene rings is 2. The maximum Gasteiger partial charge on any atom is 0.336 e. The van der Waals surface area contributed by atoms with Crippen molar-refractivity contribution in [3.8, 4) is 11.5 Å². The van der Waals surface area contributed by atoms with Crippen LogP contribution in [0, 0.1) is 0 Å². The molecule has 0 atom stereocenters. The summed E-state index contributed by atoms with van der Waals surface area (Å²) < 4.78 is 22.7. The first kappa shape index (κ1) is 19.7. The molecule has 3 heterocycles. The second kappa shape index (κ2) is 8.47. The van der Waals surface area contributed by atoms with Gasteiger partial charge in [0.1, 0.15) is 17.1 Å². The number of rotatable bonds is 7. The van der Waals surface area contributed by atoms with E-state index in [0.717, 1.165) is 67.1 Å². The highest BCUT2D eigenvalue weighted by Gasteiger charge is 2.23. The van der Waals surface area contributed by atoms with Crippen molar-refractivity contribution < 1.29 is 18.3 Å². The van der Waals surface area contributed by atoms with E-state index < -0.39 is 0 Å². The molecule has 2 aromatic heterocycles. The number of hydrogen-bond donors (Lipinski definition) is 0. The van der Waals surface area contributed by atoms with Crippen LogP contribution < -0.4 is 15.1 Å². The molecule has 0 aliphatic carbocycles. The Morgan fingerprint density at radius 3 is 2.87 bits per heavy atom. The largest absolute Gasteiger partial charge is 0.493 e. The van der Waals surface area contributed by atoms with Gasteiger partial charge in [-0.05, 0) is 50.1 Å². The zero-order chi connectivity index (χ0) is 21.2. The first-order valence-electron chi connectivity index (χ1n) is 10.7. The van der Waals surface area contributed by atoms with Crippen molar-refractivity contribution in [1.29, 1.82) is 0 Å². The van der Waals surface area contributed by atoms with Gasteiger partial charge >= 0.3 is 5.63 Å². The number of nitrogens with zero attached hydrogens (tertiary/aromatic N) is 1. The van der Waals surface area contributed by atoms with Gasteiger partial charge < -0.3 is 18.3 Å². The van der Waals surface area contributed by atoms with Crippen molar-refractivity contribution >= 4 is 21.9 Å². The molecule has 6 nitrogen and oxygen atoms in total. The summed E-state index contributed by atoms with van der Waals surface area (Å²) in [6, 6.07) is 14.8. The second-order valence-electron chi connectivity index (χ2n) is 7.88. The zero-order valence-corrected chi connectivity index (χ0v) is 17.6. The lowest BCUT2D eigenvalue weighted by molar-refractivity contribution is 0.218. The van der Waals surface area contributed by atoms with Crippen LogP contribution in [0.5, 0.6) is 11.5 Å². The quantitative estimate of drug-likeness (QED) is 0.318. The average Bonchev–Trinajstić information content (AvgIpc) is 3.16. The zero-order valence-electron chi connectivity index (χ0n) is 17.6. The third-order valence-corrected chi connectivity index (χ3v) is 5.86. The molecule has 0 unspecified atom stereocenters. The SMILES string of the molecule is COc1cccc2c3c(oc12)CN(CCCCOc1ccc2ccc(=O)oc2c1)CC3. The fraction of sp³-hybridized carbons (Fsp3) is 0.320. The molecule has 6 heteroatoms. The Hall–Kier alpha value is -3.25. The van der Waals surface area contributed by atoms with E-state index in [1.54, 1.807) is 19.2 Å². The molecule has 31 heavy (non-hydrogen) atoms. The van der Waals surface area contributed by atoms with Gasteiger partial charge in [0.05, 0.1) is 20.3 Å². The molecule has 4 aromatic rings. The molecule has 0 amide bonds. The second-order valence-corrected chi connectivity index (χ2v) is 7.88. The lowest BCUT2D eigenvalue weighted by atomic mass is 10.0. The van der Waals surface area contributed by atoms with E-state index in [-0.39, 0.29) is 5.63 Å². The van der Waals surface area contributed by atoms with Gasteiger partial charge in [-0.2, -0.15) is 0 Å². The van der Waals surface area contributed by atoms with E-state index >= 15 is 0 Å². The van der Waals surface area contributed by atoms with Crippen LogP contribution in [-0.2, 0) is 13.0 Å². The molecule has 2 aromatic carbocycles. The molecule has 0 fully saturated rings. The summed E-state index contributed by atoms with van der Waals surface area (Å²) in [7, 11) is 1.68. The number of para-hydroxylation sites is 1. The summed E-state index contributed by atoms with van der Waals surface area (Å²) in [6.07, 6.45) is 2.99. The van der Waals surface area contributed by atoms with Gasteiger partial charge in [0, 0.05) is 35.0 Å². The third-order valence-electron chi connectivity index (χ3n) is 5.86.